The lowest BCUT2D eigenvalue weighted by molar-refractivity contribution is -0.131. The van der Waals surface area contributed by atoms with Crippen LogP contribution in [0.1, 0.15) is 12.8 Å². The van der Waals surface area contributed by atoms with Gasteiger partial charge in [0.15, 0.2) is 11.6 Å². The minimum Gasteiger partial charge on any atom is -0.492 e. The first-order chi connectivity index (χ1) is 13.9. The van der Waals surface area contributed by atoms with Crippen LogP contribution >= 0.6 is 0 Å². The number of aromatic nitrogens is 2. The molecule has 1 unspecified atom stereocenters. The molecule has 29 heavy (non-hydrogen) atoms. The van der Waals surface area contributed by atoms with Gasteiger partial charge in [-0.15, -0.1) is 0 Å². The largest absolute Gasteiger partial charge is 0.492 e. The van der Waals surface area contributed by atoms with E-state index < -0.39 is 17.7 Å². The minimum atomic E-state index is -0.993. The van der Waals surface area contributed by atoms with Crippen molar-refractivity contribution in [2.45, 2.75) is 25.5 Å². The van der Waals surface area contributed by atoms with Gasteiger partial charge in [-0.3, -0.25) is 14.3 Å². The highest BCUT2D eigenvalue weighted by molar-refractivity contribution is 5.94. The predicted octanol–water partition coefficient (Wildman–Crippen LogP) is 1.82. The van der Waals surface area contributed by atoms with Crippen LogP contribution in [0.3, 0.4) is 0 Å². The molecule has 2 heterocycles. The molecule has 1 fully saturated rings. The third-order valence-corrected chi connectivity index (χ3v) is 4.43. The van der Waals surface area contributed by atoms with Crippen LogP contribution in [0.4, 0.5) is 14.5 Å². The summed E-state index contributed by atoms with van der Waals surface area (Å²) in [6, 6.07) is 3.25. The van der Waals surface area contributed by atoms with E-state index in [0.717, 1.165) is 18.6 Å². The van der Waals surface area contributed by atoms with Gasteiger partial charge in [-0.1, -0.05) is 0 Å². The van der Waals surface area contributed by atoms with E-state index in [0.29, 0.717) is 18.7 Å². The fourth-order valence-corrected chi connectivity index (χ4v) is 2.77. The van der Waals surface area contributed by atoms with Gasteiger partial charge >= 0.3 is 0 Å². The van der Waals surface area contributed by atoms with Crippen molar-refractivity contribution < 1.29 is 27.8 Å². The zero-order valence-electron chi connectivity index (χ0n) is 15.9. The van der Waals surface area contributed by atoms with E-state index in [1.807, 2.05) is 0 Å². The van der Waals surface area contributed by atoms with E-state index in [2.05, 4.69) is 10.4 Å². The zero-order valence-corrected chi connectivity index (χ0v) is 15.9. The second kappa shape index (κ2) is 9.46. The summed E-state index contributed by atoms with van der Waals surface area (Å²) in [6.07, 6.45) is 4.14. The predicted molar refractivity (Wildman–Crippen MR) is 99.3 cm³/mol. The lowest BCUT2D eigenvalue weighted by Crippen LogP contribution is -2.33. The average molecular weight is 408 g/mol. The molecule has 0 bridgehead atoms. The van der Waals surface area contributed by atoms with Gasteiger partial charge < -0.3 is 19.7 Å². The summed E-state index contributed by atoms with van der Waals surface area (Å²) in [5.41, 5.74) is 0.489. The Kier molecular flexibility index (Phi) is 6.76. The van der Waals surface area contributed by atoms with E-state index in [1.165, 1.54) is 21.8 Å². The van der Waals surface area contributed by atoms with Crippen molar-refractivity contribution in [2.24, 2.45) is 0 Å². The molecule has 1 aromatic heterocycles. The fourth-order valence-electron chi connectivity index (χ4n) is 2.77. The van der Waals surface area contributed by atoms with E-state index in [-0.39, 0.29) is 37.3 Å². The van der Waals surface area contributed by atoms with Gasteiger partial charge in [0.25, 0.3) is 5.91 Å². The summed E-state index contributed by atoms with van der Waals surface area (Å²) < 4.78 is 38.1. The Morgan fingerprint density at radius 3 is 2.93 bits per heavy atom. The van der Waals surface area contributed by atoms with Gasteiger partial charge in [0.05, 0.1) is 18.4 Å². The molecular formula is C19H22F2N4O4. The smallest absolute Gasteiger partial charge is 0.253 e. The van der Waals surface area contributed by atoms with Crippen molar-refractivity contribution in [1.82, 2.24) is 14.7 Å². The van der Waals surface area contributed by atoms with Crippen molar-refractivity contribution in [3.63, 3.8) is 0 Å². The van der Waals surface area contributed by atoms with Crippen molar-refractivity contribution in [3.05, 3.63) is 42.2 Å². The molecular weight excluding hydrogens is 386 g/mol. The number of carbonyl (C=O) groups is 2. The summed E-state index contributed by atoms with van der Waals surface area (Å²) in [4.78, 5) is 25.7. The molecule has 1 saturated heterocycles. The van der Waals surface area contributed by atoms with Crippen LogP contribution < -0.4 is 10.1 Å². The van der Waals surface area contributed by atoms with Crippen LogP contribution in [0, 0.1) is 11.6 Å². The lowest BCUT2D eigenvalue weighted by atomic mass is 10.2. The number of benzene rings is 1. The quantitative estimate of drug-likeness (QED) is 0.720. The van der Waals surface area contributed by atoms with Crippen LogP contribution in [-0.4, -0.2) is 59.4 Å². The molecule has 2 aromatic rings. The molecule has 1 atom stereocenters. The maximum Gasteiger partial charge on any atom is 0.253 e. The Morgan fingerprint density at radius 1 is 1.38 bits per heavy atom. The maximum atomic E-state index is 13.1. The zero-order chi connectivity index (χ0) is 20.8. The number of ether oxygens (including phenoxy) is 2. The lowest BCUT2D eigenvalue weighted by Gasteiger charge is -2.17. The molecule has 0 saturated carbocycles. The molecule has 3 rings (SSSR count). The first-order valence-electron chi connectivity index (χ1n) is 9.19. The maximum absolute atomic E-state index is 13.1. The number of likely N-dealkylation sites (N-methyl/N-ethyl adjacent to an activating group) is 1. The molecule has 0 aliphatic carbocycles. The number of carbonyl (C=O) groups excluding carboxylic acids is 2. The first kappa shape index (κ1) is 20.7. The molecule has 8 nitrogen and oxygen atoms in total. The summed E-state index contributed by atoms with van der Waals surface area (Å²) >= 11 is 0. The van der Waals surface area contributed by atoms with E-state index in [9.17, 15) is 18.4 Å². The van der Waals surface area contributed by atoms with Gasteiger partial charge in [0.2, 0.25) is 5.91 Å². The van der Waals surface area contributed by atoms with E-state index >= 15 is 0 Å². The van der Waals surface area contributed by atoms with Crippen LogP contribution in [0.2, 0.25) is 0 Å². The summed E-state index contributed by atoms with van der Waals surface area (Å²) in [5.74, 6) is -2.20. The molecule has 156 valence electrons. The summed E-state index contributed by atoms with van der Waals surface area (Å²) in [5, 5.41) is 6.79. The van der Waals surface area contributed by atoms with Crippen LogP contribution in [0.15, 0.2) is 30.6 Å². The minimum absolute atomic E-state index is 0.0164. The van der Waals surface area contributed by atoms with Gasteiger partial charge in [0.1, 0.15) is 25.0 Å². The fraction of sp³-hybridized carbons (Fsp3) is 0.421. The molecule has 1 aliphatic heterocycles. The Labute approximate surface area is 166 Å². The molecule has 1 aromatic carbocycles. The van der Waals surface area contributed by atoms with Gasteiger partial charge in [-0.2, -0.15) is 5.10 Å². The van der Waals surface area contributed by atoms with E-state index in [4.69, 9.17) is 9.47 Å². The molecule has 2 amide bonds. The van der Waals surface area contributed by atoms with E-state index in [1.54, 1.807) is 13.2 Å². The number of anilines is 1. The molecule has 0 spiro atoms. The van der Waals surface area contributed by atoms with Gasteiger partial charge in [0, 0.05) is 25.9 Å². The van der Waals surface area contributed by atoms with Gasteiger partial charge in [-0.05, 0) is 25.0 Å². The van der Waals surface area contributed by atoms with Crippen molar-refractivity contribution in [1.29, 1.82) is 0 Å². The number of halogens is 2. The Morgan fingerprint density at radius 2 is 2.21 bits per heavy atom. The summed E-state index contributed by atoms with van der Waals surface area (Å²) in [6.45, 7) is 0.937. The number of amides is 2. The average Bonchev–Trinajstić information content (AvgIpc) is 3.37. The molecule has 0 radical (unpaired) electrons. The highest BCUT2D eigenvalue weighted by Crippen LogP contribution is 2.16. The van der Waals surface area contributed by atoms with Crippen molar-refractivity contribution >= 4 is 17.5 Å². The van der Waals surface area contributed by atoms with Crippen molar-refractivity contribution in [3.8, 4) is 5.75 Å². The normalized spacial score (nSPS) is 15.9. The van der Waals surface area contributed by atoms with Crippen molar-refractivity contribution in [2.75, 3.05) is 32.1 Å². The van der Waals surface area contributed by atoms with Crippen LogP contribution in [0.25, 0.3) is 0 Å². The Bertz CT molecular complexity index is 868. The number of nitrogens with zero attached hydrogens (tertiary/aromatic N) is 3. The Hall–Kier alpha value is -3.01. The number of nitrogens with one attached hydrogen (secondary N) is 1. The second-order valence-electron chi connectivity index (χ2n) is 6.66. The number of rotatable bonds is 8. The summed E-state index contributed by atoms with van der Waals surface area (Å²) in [7, 11) is 1.60. The number of hydrogen-bond donors (Lipinski definition) is 1. The highest BCUT2D eigenvalue weighted by atomic mass is 19.2. The third kappa shape index (κ3) is 5.74. The first-order valence-corrected chi connectivity index (χ1v) is 9.19. The third-order valence-electron chi connectivity index (χ3n) is 4.43. The molecule has 10 heteroatoms. The topological polar surface area (TPSA) is 85.7 Å². The number of hydrogen-bond acceptors (Lipinski definition) is 5. The molecule has 1 aliphatic rings. The Balaban J connectivity index is 1.42. The van der Waals surface area contributed by atoms with Crippen LogP contribution in [0.5, 0.6) is 5.75 Å². The highest BCUT2D eigenvalue weighted by Gasteiger charge is 2.24. The van der Waals surface area contributed by atoms with Gasteiger partial charge in [-0.25, -0.2) is 8.78 Å². The monoisotopic (exact) mass is 408 g/mol. The SMILES string of the molecule is CN(CCOc1ccc(F)c(F)c1)C(=O)Cn1cc(NC(=O)C2CCCO2)cn1. The second-order valence-corrected chi connectivity index (χ2v) is 6.66. The van der Waals surface area contributed by atoms with Crippen LogP contribution in [-0.2, 0) is 20.9 Å². The standard InChI is InChI=1S/C19H22F2N4O4/c1-24(6-8-28-14-4-5-15(20)16(21)9-14)18(26)12-25-11-13(10-22-25)23-19(27)17-3-2-7-29-17/h4-5,9-11,17H,2-3,6-8,12H2,1H3,(H,23,27). The molecule has 1 N–H and O–H groups in total.